The standard InChI is InChI=1S/C13H16Cl3N3O.ClH/c14-8-4-10(15)13(11(16)5-8)18-12(20)7-19-3-1-2-9(17)6-19;/h4-5,9H,1-3,6-7,17H2,(H,18,20);1H/t9-;/m1./s1. The van der Waals surface area contributed by atoms with Crippen LogP contribution in [0.4, 0.5) is 5.69 Å². The van der Waals surface area contributed by atoms with Crippen LogP contribution in [0.3, 0.4) is 0 Å². The average molecular weight is 373 g/mol. The lowest BCUT2D eigenvalue weighted by Gasteiger charge is -2.30. The summed E-state index contributed by atoms with van der Waals surface area (Å²) in [6.07, 6.45) is 2.02. The van der Waals surface area contributed by atoms with Crippen molar-refractivity contribution in [2.45, 2.75) is 18.9 Å². The van der Waals surface area contributed by atoms with Crippen molar-refractivity contribution in [3.05, 3.63) is 27.2 Å². The lowest BCUT2D eigenvalue weighted by atomic mass is 10.1. The molecule has 1 atom stereocenters. The minimum atomic E-state index is -0.162. The zero-order valence-electron chi connectivity index (χ0n) is 11.2. The number of nitrogens with one attached hydrogen (secondary N) is 1. The second-order valence-electron chi connectivity index (χ2n) is 4.93. The van der Waals surface area contributed by atoms with Crippen LogP contribution in [0.15, 0.2) is 12.1 Å². The lowest BCUT2D eigenvalue weighted by molar-refractivity contribution is -0.117. The van der Waals surface area contributed by atoms with Crippen LogP contribution in [0.2, 0.25) is 15.1 Å². The maximum Gasteiger partial charge on any atom is 0.238 e. The Kier molecular flexibility index (Phi) is 7.54. The highest BCUT2D eigenvalue weighted by molar-refractivity contribution is 6.42. The van der Waals surface area contributed by atoms with E-state index in [2.05, 4.69) is 5.32 Å². The third-order valence-corrected chi connectivity index (χ3v) is 3.99. The summed E-state index contributed by atoms with van der Waals surface area (Å²) in [6.45, 7) is 1.89. The zero-order valence-corrected chi connectivity index (χ0v) is 14.3. The van der Waals surface area contributed by atoms with Gasteiger partial charge in [0.05, 0.1) is 22.3 Å². The maximum absolute atomic E-state index is 12.0. The molecule has 1 aromatic rings. The van der Waals surface area contributed by atoms with E-state index in [9.17, 15) is 4.79 Å². The molecule has 0 spiro atoms. The van der Waals surface area contributed by atoms with Crippen molar-refractivity contribution in [1.29, 1.82) is 0 Å². The number of nitrogens with two attached hydrogens (primary N) is 1. The van der Waals surface area contributed by atoms with Crippen LogP contribution >= 0.6 is 47.2 Å². The molecule has 0 radical (unpaired) electrons. The average Bonchev–Trinajstić information content (AvgIpc) is 2.33. The first kappa shape index (κ1) is 18.8. The van der Waals surface area contributed by atoms with Gasteiger partial charge in [-0.15, -0.1) is 12.4 Å². The molecule has 118 valence electrons. The fraction of sp³-hybridized carbons (Fsp3) is 0.462. The molecule has 1 amide bonds. The normalized spacial score (nSPS) is 19.0. The number of halogens is 4. The van der Waals surface area contributed by atoms with Gasteiger partial charge >= 0.3 is 0 Å². The minimum Gasteiger partial charge on any atom is -0.327 e. The monoisotopic (exact) mass is 371 g/mol. The summed E-state index contributed by atoms with van der Waals surface area (Å²) in [7, 11) is 0. The van der Waals surface area contributed by atoms with Gasteiger partial charge in [-0.2, -0.15) is 0 Å². The summed E-state index contributed by atoms with van der Waals surface area (Å²) in [5, 5.41) is 3.80. The van der Waals surface area contributed by atoms with E-state index in [1.54, 1.807) is 12.1 Å². The van der Waals surface area contributed by atoms with E-state index in [0.717, 1.165) is 25.9 Å². The summed E-state index contributed by atoms with van der Waals surface area (Å²) in [6, 6.07) is 3.22. The summed E-state index contributed by atoms with van der Waals surface area (Å²) >= 11 is 17.9. The second-order valence-corrected chi connectivity index (χ2v) is 6.18. The number of nitrogens with zero attached hydrogens (tertiary/aromatic N) is 1. The highest BCUT2D eigenvalue weighted by Gasteiger charge is 2.19. The SMILES string of the molecule is Cl.N[C@@H]1CCCN(CC(=O)Nc2c(Cl)cc(Cl)cc2Cl)C1. The Morgan fingerprint density at radius 1 is 1.33 bits per heavy atom. The largest absolute Gasteiger partial charge is 0.327 e. The van der Waals surface area contributed by atoms with Crippen molar-refractivity contribution in [1.82, 2.24) is 4.90 Å². The molecule has 4 nitrogen and oxygen atoms in total. The molecule has 3 N–H and O–H groups in total. The van der Waals surface area contributed by atoms with Gasteiger partial charge in [0, 0.05) is 17.6 Å². The molecule has 8 heteroatoms. The molecule has 1 saturated heterocycles. The van der Waals surface area contributed by atoms with Gasteiger partial charge in [-0.3, -0.25) is 9.69 Å². The van der Waals surface area contributed by atoms with Crippen LogP contribution in [0, 0.1) is 0 Å². The zero-order chi connectivity index (χ0) is 14.7. The summed E-state index contributed by atoms with van der Waals surface area (Å²) in [5.41, 5.74) is 6.28. The minimum absolute atomic E-state index is 0. The number of likely N-dealkylation sites (tertiary alicyclic amines) is 1. The molecule has 0 saturated carbocycles. The molecule has 2 rings (SSSR count). The van der Waals surface area contributed by atoms with Crippen molar-refractivity contribution in [2.24, 2.45) is 5.73 Å². The number of anilines is 1. The number of hydrogen-bond acceptors (Lipinski definition) is 3. The predicted molar refractivity (Wildman–Crippen MR) is 91.0 cm³/mol. The topological polar surface area (TPSA) is 58.4 Å². The number of benzene rings is 1. The molecule has 1 aliphatic heterocycles. The van der Waals surface area contributed by atoms with Gasteiger partial charge in [0.1, 0.15) is 0 Å². The van der Waals surface area contributed by atoms with Gasteiger partial charge in [-0.25, -0.2) is 0 Å². The Balaban J connectivity index is 0.00000220. The fourth-order valence-corrected chi connectivity index (χ4v) is 3.19. The molecule has 21 heavy (non-hydrogen) atoms. The highest BCUT2D eigenvalue weighted by atomic mass is 35.5. The number of carbonyl (C=O) groups is 1. The molecule has 1 aliphatic rings. The van der Waals surface area contributed by atoms with Crippen molar-refractivity contribution in [3.63, 3.8) is 0 Å². The van der Waals surface area contributed by atoms with Gasteiger partial charge in [0.25, 0.3) is 0 Å². The van der Waals surface area contributed by atoms with E-state index in [0.29, 0.717) is 20.8 Å². The molecule has 1 aromatic carbocycles. The number of rotatable bonds is 3. The maximum atomic E-state index is 12.0. The van der Waals surface area contributed by atoms with E-state index >= 15 is 0 Å². The first-order chi connectivity index (χ1) is 9.45. The summed E-state index contributed by atoms with van der Waals surface area (Å²) in [4.78, 5) is 14.1. The number of amides is 1. The lowest BCUT2D eigenvalue weighted by Crippen LogP contribution is -2.45. The van der Waals surface area contributed by atoms with Crippen LogP contribution < -0.4 is 11.1 Å². The van der Waals surface area contributed by atoms with Crippen molar-refractivity contribution in [3.8, 4) is 0 Å². The molecule has 0 bridgehead atoms. The summed E-state index contributed by atoms with van der Waals surface area (Å²) in [5.74, 6) is -0.162. The van der Waals surface area contributed by atoms with Gasteiger partial charge in [0.2, 0.25) is 5.91 Å². The van der Waals surface area contributed by atoms with Gasteiger partial charge in [-0.1, -0.05) is 34.8 Å². The van der Waals surface area contributed by atoms with Crippen LogP contribution in [0.25, 0.3) is 0 Å². The number of piperidine rings is 1. The Labute approximate surface area is 145 Å². The van der Waals surface area contributed by atoms with Gasteiger partial charge in [0.15, 0.2) is 0 Å². The first-order valence-corrected chi connectivity index (χ1v) is 7.51. The third kappa shape index (κ3) is 5.47. The molecule has 0 aromatic heterocycles. The quantitative estimate of drug-likeness (QED) is 0.854. The van der Waals surface area contributed by atoms with Crippen LogP contribution in [-0.4, -0.2) is 36.5 Å². The van der Waals surface area contributed by atoms with E-state index in [1.165, 1.54) is 0 Å². The van der Waals surface area contributed by atoms with Crippen molar-refractivity contribution in [2.75, 3.05) is 25.0 Å². The van der Waals surface area contributed by atoms with Crippen LogP contribution in [0.1, 0.15) is 12.8 Å². The molecular weight excluding hydrogens is 356 g/mol. The Bertz CT molecular complexity index is 489. The molecule has 1 heterocycles. The highest BCUT2D eigenvalue weighted by Crippen LogP contribution is 2.33. The number of carbonyl (C=O) groups excluding carboxylic acids is 1. The first-order valence-electron chi connectivity index (χ1n) is 6.38. The Morgan fingerprint density at radius 3 is 2.52 bits per heavy atom. The summed E-state index contributed by atoms with van der Waals surface area (Å²) < 4.78 is 0. The van der Waals surface area contributed by atoms with Crippen LogP contribution in [0.5, 0.6) is 0 Å². The fourth-order valence-electron chi connectivity index (χ4n) is 2.28. The van der Waals surface area contributed by atoms with Crippen molar-refractivity contribution >= 4 is 58.8 Å². The number of hydrogen-bond donors (Lipinski definition) is 2. The third-order valence-electron chi connectivity index (χ3n) is 3.18. The van der Waals surface area contributed by atoms with E-state index in [-0.39, 0.29) is 30.9 Å². The van der Waals surface area contributed by atoms with E-state index < -0.39 is 0 Å². The Hall–Kier alpha value is -0.230. The van der Waals surface area contributed by atoms with Crippen LogP contribution in [-0.2, 0) is 4.79 Å². The molecule has 1 fully saturated rings. The smallest absolute Gasteiger partial charge is 0.238 e. The van der Waals surface area contributed by atoms with Gasteiger partial charge in [-0.05, 0) is 31.5 Å². The molecule has 0 aliphatic carbocycles. The van der Waals surface area contributed by atoms with E-state index in [4.69, 9.17) is 40.5 Å². The molecular formula is C13H17Cl4N3O. The second kappa shape index (κ2) is 8.42. The molecule has 0 unspecified atom stereocenters. The predicted octanol–water partition coefficient (Wildman–Crippen LogP) is 3.43. The Morgan fingerprint density at radius 2 is 1.95 bits per heavy atom. The van der Waals surface area contributed by atoms with Crippen molar-refractivity contribution < 1.29 is 4.79 Å². The van der Waals surface area contributed by atoms with Gasteiger partial charge < -0.3 is 11.1 Å². The van der Waals surface area contributed by atoms with E-state index in [1.807, 2.05) is 4.90 Å².